The fraction of sp³-hybridized carbons (Fsp3) is 0.550. The first-order valence-electron chi connectivity index (χ1n) is 9.56. The van der Waals surface area contributed by atoms with Crippen LogP contribution in [0, 0.1) is 0 Å². The Morgan fingerprint density at radius 3 is 2.73 bits per heavy atom. The van der Waals surface area contributed by atoms with Gasteiger partial charge in [-0.1, -0.05) is 31.0 Å². The highest BCUT2D eigenvalue weighted by atomic mass is 16.2. The molecular weight excluding hydrogens is 330 g/mol. The highest BCUT2D eigenvalue weighted by molar-refractivity contribution is 6.07. The molecule has 138 valence electrons. The van der Waals surface area contributed by atoms with E-state index in [0.717, 1.165) is 31.4 Å². The lowest BCUT2D eigenvalue weighted by molar-refractivity contribution is -0.131. The molecule has 0 aromatic heterocycles. The van der Waals surface area contributed by atoms with Crippen LogP contribution in [-0.2, 0) is 16.0 Å². The molecule has 4 amide bonds. The van der Waals surface area contributed by atoms with Crippen LogP contribution in [0.4, 0.5) is 10.5 Å². The van der Waals surface area contributed by atoms with Crippen LogP contribution < -0.4 is 10.2 Å². The van der Waals surface area contributed by atoms with E-state index in [4.69, 9.17) is 0 Å². The van der Waals surface area contributed by atoms with E-state index in [-0.39, 0.29) is 36.9 Å². The van der Waals surface area contributed by atoms with Gasteiger partial charge in [-0.25, -0.2) is 4.79 Å². The van der Waals surface area contributed by atoms with Crippen LogP contribution in [0.5, 0.6) is 0 Å². The zero-order valence-electron chi connectivity index (χ0n) is 15.2. The summed E-state index contributed by atoms with van der Waals surface area (Å²) in [5.41, 5.74) is 1.44. The van der Waals surface area contributed by atoms with Gasteiger partial charge in [0.05, 0.1) is 0 Å². The third kappa shape index (κ3) is 2.68. The average molecular weight is 355 g/mol. The molecule has 2 fully saturated rings. The number of para-hydroxylation sites is 1. The number of carbonyl (C=O) groups is 3. The van der Waals surface area contributed by atoms with Crippen LogP contribution in [0.15, 0.2) is 24.3 Å². The molecule has 2 heterocycles. The van der Waals surface area contributed by atoms with Gasteiger partial charge in [-0.15, -0.1) is 0 Å². The van der Waals surface area contributed by atoms with Crippen molar-refractivity contribution in [3.8, 4) is 0 Å². The van der Waals surface area contributed by atoms with Crippen LogP contribution in [0.25, 0.3) is 0 Å². The van der Waals surface area contributed by atoms with E-state index in [1.165, 1.54) is 10.5 Å². The maximum atomic E-state index is 12.9. The summed E-state index contributed by atoms with van der Waals surface area (Å²) in [5, 5.41) is 2.87. The molecule has 3 aliphatic rings. The molecule has 1 aromatic carbocycles. The molecule has 2 aliphatic heterocycles. The van der Waals surface area contributed by atoms with E-state index in [1.807, 2.05) is 23.1 Å². The second-order valence-corrected chi connectivity index (χ2v) is 7.71. The molecular formula is C20H25N3O3. The van der Waals surface area contributed by atoms with Crippen molar-refractivity contribution in [3.63, 3.8) is 0 Å². The number of carbonyl (C=O) groups excluding carboxylic acids is 3. The third-order valence-electron chi connectivity index (χ3n) is 6.04. The number of aryl methyl sites for hydroxylation is 1. The van der Waals surface area contributed by atoms with Crippen molar-refractivity contribution in [2.75, 3.05) is 11.4 Å². The van der Waals surface area contributed by atoms with Crippen molar-refractivity contribution in [1.29, 1.82) is 0 Å². The minimum atomic E-state index is -0.703. The lowest BCUT2D eigenvalue weighted by atomic mass is 9.96. The summed E-state index contributed by atoms with van der Waals surface area (Å²) in [5.74, 6) is -0.183. The maximum Gasteiger partial charge on any atom is 0.325 e. The minimum Gasteiger partial charge on any atom is -0.323 e. The van der Waals surface area contributed by atoms with Crippen molar-refractivity contribution in [1.82, 2.24) is 10.2 Å². The summed E-state index contributed by atoms with van der Waals surface area (Å²) in [7, 11) is 0. The molecule has 1 aromatic rings. The molecule has 0 bridgehead atoms. The molecule has 6 heteroatoms. The maximum absolute atomic E-state index is 12.9. The Kier molecular flexibility index (Phi) is 4.21. The molecule has 1 saturated heterocycles. The smallest absolute Gasteiger partial charge is 0.323 e. The average Bonchev–Trinajstić information content (AvgIpc) is 3.19. The number of benzene rings is 1. The summed E-state index contributed by atoms with van der Waals surface area (Å²) in [6.45, 7) is 2.20. The molecule has 1 N–H and O–H groups in total. The number of nitrogens with one attached hydrogen (secondary N) is 1. The van der Waals surface area contributed by atoms with Gasteiger partial charge in [0.2, 0.25) is 5.91 Å². The second-order valence-electron chi connectivity index (χ2n) is 7.71. The number of amides is 4. The first-order chi connectivity index (χ1) is 12.5. The summed E-state index contributed by atoms with van der Waals surface area (Å²) >= 11 is 0. The molecule has 1 spiro atoms. The van der Waals surface area contributed by atoms with Gasteiger partial charge >= 0.3 is 6.03 Å². The molecule has 26 heavy (non-hydrogen) atoms. The molecule has 1 saturated carbocycles. The monoisotopic (exact) mass is 355 g/mol. The van der Waals surface area contributed by atoms with Gasteiger partial charge < -0.3 is 10.2 Å². The van der Waals surface area contributed by atoms with Crippen LogP contribution >= 0.6 is 0 Å². The number of fused-ring (bicyclic) bond motifs is 1. The van der Waals surface area contributed by atoms with Crippen LogP contribution in [0.3, 0.4) is 0 Å². The number of rotatable bonds is 3. The quantitative estimate of drug-likeness (QED) is 0.848. The zero-order valence-corrected chi connectivity index (χ0v) is 15.2. The summed E-state index contributed by atoms with van der Waals surface area (Å²) in [4.78, 5) is 41.0. The molecule has 1 unspecified atom stereocenters. The second kappa shape index (κ2) is 6.41. The van der Waals surface area contributed by atoms with E-state index in [9.17, 15) is 14.4 Å². The van der Waals surface area contributed by atoms with E-state index in [2.05, 4.69) is 18.3 Å². The molecule has 1 atom stereocenters. The van der Waals surface area contributed by atoms with Gasteiger partial charge in [-0.05, 0) is 44.2 Å². The Bertz CT molecular complexity index is 754. The number of anilines is 1. The minimum absolute atomic E-state index is 0.0300. The summed E-state index contributed by atoms with van der Waals surface area (Å²) < 4.78 is 0. The van der Waals surface area contributed by atoms with Crippen molar-refractivity contribution in [3.05, 3.63) is 29.8 Å². The molecule has 4 rings (SSSR count). The van der Waals surface area contributed by atoms with E-state index < -0.39 is 5.54 Å². The van der Waals surface area contributed by atoms with Gasteiger partial charge in [0.1, 0.15) is 5.54 Å². The highest BCUT2D eigenvalue weighted by Gasteiger charge is 2.52. The van der Waals surface area contributed by atoms with E-state index in [0.29, 0.717) is 12.8 Å². The SMILES string of the molecule is CC1CCc2ccccc2N1C(=O)CCN1C(=O)NC2(CCCC2)C1=O. The Labute approximate surface area is 153 Å². The number of urea groups is 1. The van der Waals surface area contributed by atoms with Crippen molar-refractivity contribution >= 4 is 23.5 Å². The van der Waals surface area contributed by atoms with Crippen molar-refractivity contribution in [2.45, 2.75) is 63.5 Å². The lowest BCUT2D eigenvalue weighted by Gasteiger charge is -2.35. The number of imide groups is 1. The largest absolute Gasteiger partial charge is 0.325 e. The summed E-state index contributed by atoms with van der Waals surface area (Å²) in [6, 6.07) is 7.75. The molecule has 0 radical (unpaired) electrons. The Hall–Kier alpha value is -2.37. The fourth-order valence-electron chi connectivity index (χ4n) is 4.59. The van der Waals surface area contributed by atoms with Gasteiger partial charge in [0.15, 0.2) is 0 Å². The highest BCUT2D eigenvalue weighted by Crippen LogP contribution is 2.35. The predicted octanol–water partition coefficient (Wildman–Crippen LogP) is 2.61. The third-order valence-corrected chi connectivity index (χ3v) is 6.04. The number of hydrogen-bond acceptors (Lipinski definition) is 3. The van der Waals surface area contributed by atoms with Gasteiger partial charge in [-0.2, -0.15) is 0 Å². The zero-order chi connectivity index (χ0) is 18.3. The Morgan fingerprint density at radius 1 is 1.23 bits per heavy atom. The van der Waals surface area contributed by atoms with Crippen LogP contribution in [0.1, 0.15) is 51.0 Å². The van der Waals surface area contributed by atoms with E-state index >= 15 is 0 Å². The van der Waals surface area contributed by atoms with Crippen molar-refractivity contribution < 1.29 is 14.4 Å². The first-order valence-corrected chi connectivity index (χ1v) is 9.56. The standard InChI is InChI=1S/C20H25N3O3/c1-14-8-9-15-6-2-3-7-16(15)23(14)17(24)10-13-22-18(25)20(21-19(22)26)11-4-5-12-20/h2-3,6-7,14H,4-5,8-13H2,1H3,(H,21,26). The number of hydrogen-bond donors (Lipinski definition) is 1. The Balaban J connectivity index is 1.46. The molecule has 1 aliphatic carbocycles. The topological polar surface area (TPSA) is 69.7 Å². The Morgan fingerprint density at radius 2 is 1.96 bits per heavy atom. The van der Waals surface area contributed by atoms with E-state index in [1.54, 1.807) is 0 Å². The normalized spacial score (nSPS) is 24.1. The molecule has 6 nitrogen and oxygen atoms in total. The van der Waals surface area contributed by atoms with Gasteiger partial charge in [0, 0.05) is 24.7 Å². The lowest BCUT2D eigenvalue weighted by Crippen LogP contribution is -2.45. The van der Waals surface area contributed by atoms with Gasteiger partial charge in [0.25, 0.3) is 5.91 Å². The first kappa shape index (κ1) is 17.1. The summed E-state index contributed by atoms with van der Waals surface area (Å²) in [6.07, 6.45) is 5.39. The predicted molar refractivity (Wildman–Crippen MR) is 97.8 cm³/mol. The van der Waals surface area contributed by atoms with Gasteiger partial charge in [-0.3, -0.25) is 14.5 Å². The number of nitrogens with zero attached hydrogens (tertiary/aromatic N) is 2. The van der Waals surface area contributed by atoms with Crippen LogP contribution in [-0.4, -0.2) is 40.9 Å². The fourth-order valence-corrected chi connectivity index (χ4v) is 4.59. The van der Waals surface area contributed by atoms with Crippen LogP contribution in [0.2, 0.25) is 0 Å². The van der Waals surface area contributed by atoms with Crippen molar-refractivity contribution in [2.24, 2.45) is 0 Å².